The first-order valence-electron chi connectivity index (χ1n) is 4.50. The van der Waals surface area contributed by atoms with Crippen LogP contribution in [0.1, 0.15) is 6.92 Å². The SMILES string of the molecule is CC(C(N)=O)N(C)c1ccc(Br)cc1N. The van der Waals surface area contributed by atoms with Crippen molar-refractivity contribution in [1.82, 2.24) is 0 Å². The van der Waals surface area contributed by atoms with Crippen LogP contribution in [0.15, 0.2) is 22.7 Å². The minimum absolute atomic E-state index is 0.375. The van der Waals surface area contributed by atoms with E-state index in [2.05, 4.69) is 15.9 Å². The number of amides is 1. The lowest BCUT2D eigenvalue weighted by atomic mass is 10.2. The lowest BCUT2D eigenvalue weighted by Gasteiger charge is -2.25. The summed E-state index contributed by atoms with van der Waals surface area (Å²) >= 11 is 3.32. The van der Waals surface area contributed by atoms with Crippen LogP contribution >= 0.6 is 15.9 Å². The number of halogens is 1. The Hall–Kier alpha value is -1.23. The lowest BCUT2D eigenvalue weighted by Crippen LogP contribution is -2.40. The fourth-order valence-corrected chi connectivity index (χ4v) is 1.62. The minimum atomic E-state index is -0.381. The van der Waals surface area contributed by atoms with E-state index in [-0.39, 0.29) is 11.9 Å². The number of anilines is 2. The number of nitrogens with zero attached hydrogens (tertiary/aromatic N) is 1. The number of rotatable bonds is 3. The first-order valence-corrected chi connectivity index (χ1v) is 5.30. The highest BCUT2D eigenvalue weighted by Gasteiger charge is 2.16. The van der Waals surface area contributed by atoms with E-state index in [4.69, 9.17) is 11.5 Å². The zero-order valence-electron chi connectivity index (χ0n) is 8.70. The molecule has 1 unspecified atom stereocenters. The molecule has 4 nitrogen and oxygen atoms in total. The fraction of sp³-hybridized carbons (Fsp3) is 0.300. The van der Waals surface area contributed by atoms with Gasteiger partial charge in [-0.3, -0.25) is 4.79 Å². The van der Waals surface area contributed by atoms with Gasteiger partial charge in [0.05, 0.1) is 11.4 Å². The van der Waals surface area contributed by atoms with Gasteiger partial charge in [0, 0.05) is 11.5 Å². The summed E-state index contributed by atoms with van der Waals surface area (Å²) in [6.45, 7) is 1.74. The zero-order valence-corrected chi connectivity index (χ0v) is 10.3. The molecule has 4 N–H and O–H groups in total. The summed E-state index contributed by atoms with van der Waals surface area (Å²) in [4.78, 5) is 12.8. The van der Waals surface area contributed by atoms with Crippen LogP contribution in [-0.2, 0) is 4.79 Å². The van der Waals surface area contributed by atoms with Gasteiger partial charge in [0.15, 0.2) is 0 Å². The minimum Gasteiger partial charge on any atom is -0.397 e. The van der Waals surface area contributed by atoms with Gasteiger partial charge in [0.2, 0.25) is 5.91 Å². The maximum absolute atomic E-state index is 11.0. The topological polar surface area (TPSA) is 72.4 Å². The molecule has 1 rings (SSSR count). The fourth-order valence-electron chi connectivity index (χ4n) is 1.25. The van der Waals surface area contributed by atoms with Crippen molar-refractivity contribution in [1.29, 1.82) is 0 Å². The first-order chi connectivity index (χ1) is 6.93. The average molecular weight is 272 g/mol. The van der Waals surface area contributed by atoms with Crippen molar-refractivity contribution in [2.45, 2.75) is 13.0 Å². The van der Waals surface area contributed by atoms with Gasteiger partial charge in [-0.05, 0) is 25.1 Å². The highest BCUT2D eigenvalue weighted by atomic mass is 79.9. The largest absolute Gasteiger partial charge is 0.397 e. The van der Waals surface area contributed by atoms with Gasteiger partial charge in [-0.2, -0.15) is 0 Å². The summed E-state index contributed by atoms with van der Waals surface area (Å²) in [5.74, 6) is -0.375. The van der Waals surface area contributed by atoms with Crippen LogP contribution in [0.4, 0.5) is 11.4 Å². The van der Waals surface area contributed by atoms with Crippen LogP contribution < -0.4 is 16.4 Å². The standard InChI is InChI=1S/C10H14BrN3O/c1-6(10(13)15)14(2)9-4-3-7(11)5-8(9)12/h3-6H,12H2,1-2H3,(H2,13,15). The van der Waals surface area contributed by atoms with Gasteiger partial charge in [-0.1, -0.05) is 15.9 Å². The Kier molecular flexibility index (Phi) is 3.57. The van der Waals surface area contributed by atoms with Gasteiger partial charge in [0.1, 0.15) is 6.04 Å². The molecule has 0 fully saturated rings. The number of hydrogen-bond acceptors (Lipinski definition) is 3. The van der Waals surface area contributed by atoms with E-state index >= 15 is 0 Å². The Bertz CT molecular complexity index is 381. The van der Waals surface area contributed by atoms with Gasteiger partial charge >= 0.3 is 0 Å². The van der Waals surface area contributed by atoms with Crippen LogP contribution in [0, 0.1) is 0 Å². The Balaban J connectivity index is 3.01. The lowest BCUT2D eigenvalue weighted by molar-refractivity contribution is -0.118. The predicted octanol–water partition coefficient (Wildman–Crippen LogP) is 1.34. The average Bonchev–Trinajstić information content (AvgIpc) is 2.15. The molecule has 0 saturated carbocycles. The molecular weight excluding hydrogens is 258 g/mol. The summed E-state index contributed by atoms with van der Waals surface area (Å²) in [5.41, 5.74) is 12.5. The van der Waals surface area contributed by atoms with E-state index < -0.39 is 0 Å². The molecule has 5 heteroatoms. The summed E-state index contributed by atoms with van der Waals surface area (Å²) in [5, 5.41) is 0. The predicted molar refractivity (Wildman–Crippen MR) is 65.6 cm³/mol. The number of likely N-dealkylation sites (N-methyl/N-ethyl adjacent to an activating group) is 1. The Morgan fingerprint density at radius 1 is 1.53 bits per heavy atom. The molecule has 0 bridgehead atoms. The smallest absolute Gasteiger partial charge is 0.239 e. The number of hydrogen-bond donors (Lipinski definition) is 2. The molecule has 15 heavy (non-hydrogen) atoms. The van der Waals surface area contributed by atoms with Crippen LogP contribution in [-0.4, -0.2) is 19.0 Å². The molecule has 0 radical (unpaired) electrons. The second kappa shape index (κ2) is 4.53. The summed E-state index contributed by atoms with van der Waals surface area (Å²) < 4.78 is 0.906. The molecule has 0 aliphatic heterocycles. The molecule has 0 saturated heterocycles. The van der Waals surface area contributed by atoms with E-state index in [0.29, 0.717) is 5.69 Å². The van der Waals surface area contributed by atoms with Crippen molar-refractivity contribution in [3.8, 4) is 0 Å². The number of benzene rings is 1. The molecule has 0 aliphatic rings. The molecule has 1 aromatic rings. The molecule has 0 aliphatic carbocycles. The van der Waals surface area contributed by atoms with E-state index in [1.165, 1.54) is 0 Å². The number of carbonyl (C=O) groups is 1. The number of nitrogens with two attached hydrogens (primary N) is 2. The van der Waals surface area contributed by atoms with Crippen molar-refractivity contribution < 1.29 is 4.79 Å². The van der Waals surface area contributed by atoms with Gasteiger partial charge < -0.3 is 16.4 Å². The highest BCUT2D eigenvalue weighted by Crippen LogP contribution is 2.26. The molecule has 1 aromatic carbocycles. The van der Waals surface area contributed by atoms with Crippen LogP contribution in [0.2, 0.25) is 0 Å². The third-order valence-corrected chi connectivity index (χ3v) is 2.86. The van der Waals surface area contributed by atoms with Crippen molar-refractivity contribution in [2.24, 2.45) is 5.73 Å². The zero-order chi connectivity index (χ0) is 11.6. The van der Waals surface area contributed by atoms with Crippen molar-refractivity contribution in [2.75, 3.05) is 17.7 Å². The molecule has 82 valence electrons. The third-order valence-electron chi connectivity index (χ3n) is 2.36. The molecule has 1 atom stereocenters. The third kappa shape index (κ3) is 2.62. The Labute approximate surface area is 97.4 Å². The van der Waals surface area contributed by atoms with Crippen molar-refractivity contribution >= 4 is 33.2 Å². The van der Waals surface area contributed by atoms with Crippen molar-refractivity contribution in [3.63, 3.8) is 0 Å². The molecule has 1 amide bonds. The summed E-state index contributed by atoms with van der Waals surface area (Å²) in [6.07, 6.45) is 0. The quantitative estimate of drug-likeness (QED) is 0.815. The summed E-state index contributed by atoms with van der Waals surface area (Å²) in [6, 6.07) is 5.13. The number of carbonyl (C=O) groups excluding carboxylic acids is 1. The first kappa shape index (κ1) is 11.8. The van der Waals surface area contributed by atoms with Crippen LogP contribution in [0.25, 0.3) is 0 Å². The normalized spacial score (nSPS) is 12.2. The van der Waals surface area contributed by atoms with E-state index in [9.17, 15) is 4.79 Å². The van der Waals surface area contributed by atoms with E-state index in [1.807, 2.05) is 12.1 Å². The molecule has 0 aromatic heterocycles. The van der Waals surface area contributed by atoms with Crippen LogP contribution in [0.3, 0.4) is 0 Å². The van der Waals surface area contributed by atoms with E-state index in [0.717, 1.165) is 10.2 Å². The summed E-state index contributed by atoms with van der Waals surface area (Å²) in [7, 11) is 1.79. The van der Waals surface area contributed by atoms with Gasteiger partial charge in [-0.25, -0.2) is 0 Å². The van der Waals surface area contributed by atoms with E-state index in [1.54, 1.807) is 24.9 Å². The monoisotopic (exact) mass is 271 g/mol. The number of nitrogen functional groups attached to an aromatic ring is 1. The Morgan fingerprint density at radius 3 is 2.60 bits per heavy atom. The highest BCUT2D eigenvalue weighted by molar-refractivity contribution is 9.10. The van der Waals surface area contributed by atoms with Gasteiger partial charge in [-0.15, -0.1) is 0 Å². The van der Waals surface area contributed by atoms with Gasteiger partial charge in [0.25, 0.3) is 0 Å². The molecule has 0 spiro atoms. The second-order valence-electron chi connectivity index (χ2n) is 3.39. The van der Waals surface area contributed by atoms with Crippen LogP contribution in [0.5, 0.6) is 0 Å². The molecule has 0 heterocycles. The maximum atomic E-state index is 11.0. The molecular formula is C10H14BrN3O. The number of primary amides is 1. The maximum Gasteiger partial charge on any atom is 0.239 e. The Morgan fingerprint density at radius 2 is 2.13 bits per heavy atom. The van der Waals surface area contributed by atoms with Crippen molar-refractivity contribution in [3.05, 3.63) is 22.7 Å². The second-order valence-corrected chi connectivity index (χ2v) is 4.31.